The molecule has 0 bridgehead atoms. The van der Waals surface area contributed by atoms with Gasteiger partial charge in [-0.2, -0.15) is 0 Å². The molecule has 0 spiro atoms. The molecular weight excluding hydrogens is 396 g/mol. The van der Waals surface area contributed by atoms with Gasteiger partial charge in [0.25, 0.3) is 0 Å². The molecule has 1 N–H and O–H groups in total. The number of aromatic nitrogens is 2. The Morgan fingerprint density at radius 1 is 0.967 bits per heavy atom. The minimum absolute atomic E-state index is 0.645. The number of rotatable bonds is 3. The van der Waals surface area contributed by atoms with E-state index in [0.29, 0.717) is 22.9 Å². The molecule has 1 saturated heterocycles. The third-order valence-electron chi connectivity index (χ3n) is 5.50. The van der Waals surface area contributed by atoms with Crippen molar-refractivity contribution in [3.8, 4) is 22.9 Å². The molecule has 1 fully saturated rings. The Bertz CT molecular complexity index is 1160. The second kappa shape index (κ2) is 7.91. The van der Waals surface area contributed by atoms with Crippen LogP contribution in [-0.4, -0.2) is 33.1 Å². The molecule has 0 radical (unpaired) electrons. The highest BCUT2D eigenvalue weighted by molar-refractivity contribution is 7.80. The van der Waals surface area contributed by atoms with E-state index in [1.54, 1.807) is 12.5 Å². The van der Waals surface area contributed by atoms with E-state index in [2.05, 4.69) is 17.1 Å². The van der Waals surface area contributed by atoms with Crippen molar-refractivity contribution in [1.29, 1.82) is 0 Å². The summed E-state index contributed by atoms with van der Waals surface area (Å²) in [5, 5.41) is 4.12. The van der Waals surface area contributed by atoms with E-state index in [9.17, 15) is 0 Å². The van der Waals surface area contributed by atoms with Crippen LogP contribution in [0, 0.1) is 5.92 Å². The van der Waals surface area contributed by atoms with Gasteiger partial charge in [-0.25, -0.2) is 9.97 Å². The molecule has 0 saturated carbocycles. The molecular formula is C23H22N4O2S. The number of benzene rings is 1. The van der Waals surface area contributed by atoms with Gasteiger partial charge >= 0.3 is 0 Å². The fraction of sp³-hybridized carbons (Fsp3) is 0.261. The Hall–Kier alpha value is -3.19. The fourth-order valence-electron chi connectivity index (χ4n) is 3.72. The summed E-state index contributed by atoms with van der Waals surface area (Å²) < 4.78 is 11.2. The van der Waals surface area contributed by atoms with Crippen LogP contribution in [0.1, 0.15) is 19.8 Å². The zero-order valence-corrected chi connectivity index (χ0v) is 17.5. The first-order chi connectivity index (χ1) is 14.7. The van der Waals surface area contributed by atoms with Crippen LogP contribution < -0.4 is 5.32 Å². The summed E-state index contributed by atoms with van der Waals surface area (Å²) >= 11 is 5.63. The Morgan fingerprint density at radius 2 is 1.60 bits per heavy atom. The van der Waals surface area contributed by atoms with Crippen LogP contribution in [-0.2, 0) is 0 Å². The molecule has 0 amide bonds. The molecule has 0 unspecified atom stereocenters. The predicted molar refractivity (Wildman–Crippen MR) is 121 cm³/mol. The normalized spacial score (nSPS) is 14.9. The molecule has 5 rings (SSSR count). The van der Waals surface area contributed by atoms with Gasteiger partial charge in [-0.1, -0.05) is 6.92 Å². The number of thiocarbonyl (C=S) groups is 1. The van der Waals surface area contributed by atoms with Gasteiger partial charge in [-0.3, -0.25) is 0 Å². The molecule has 4 aromatic rings. The average Bonchev–Trinajstić information content (AvgIpc) is 3.47. The summed E-state index contributed by atoms with van der Waals surface area (Å²) in [6, 6.07) is 13.3. The number of anilines is 1. The quantitative estimate of drug-likeness (QED) is 0.436. The van der Waals surface area contributed by atoms with Crippen molar-refractivity contribution >= 4 is 34.1 Å². The molecule has 4 heterocycles. The molecule has 1 aliphatic rings. The number of nitrogens with one attached hydrogen (secondary N) is 1. The second-order valence-electron chi connectivity index (χ2n) is 7.68. The van der Waals surface area contributed by atoms with Gasteiger partial charge in [0.15, 0.2) is 16.6 Å². The van der Waals surface area contributed by atoms with E-state index in [0.717, 1.165) is 40.8 Å². The molecule has 0 aliphatic carbocycles. The Morgan fingerprint density at radius 3 is 2.20 bits per heavy atom. The summed E-state index contributed by atoms with van der Waals surface area (Å²) in [5.74, 6) is 2.06. The number of hydrogen-bond donors (Lipinski definition) is 1. The van der Waals surface area contributed by atoms with Crippen molar-refractivity contribution in [2.75, 3.05) is 18.4 Å². The van der Waals surface area contributed by atoms with Gasteiger partial charge in [-0.05, 0) is 73.4 Å². The zero-order chi connectivity index (χ0) is 20.5. The molecule has 1 aromatic carbocycles. The average molecular weight is 419 g/mol. The van der Waals surface area contributed by atoms with Gasteiger partial charge in [0.1, 0.15) is 11.4 Å². The maximum absolute atomic E-state index is 5.63. The Labute approximate surface area is 179 Å². The molecule has 1 aliphatic heterocycles. The first kappa shape index (κ1) is 18.8. The molecule has 3 aromatic heterocycles. The summed E-state index contributed by atoms with van der Waals surface area (Å²) in [6.07, 6.45) is 5.60. The first-order valence-corrected chi connectivity index (χ1v) is 10.5. The van der Waals surface area contributed by atoms with E-state index in [1.165, 1.54) is 12.8 Å². The lowest BCUT2D eigenvalue weighted by Crippen LogP contribution is -2.40. The summed E-state index contributed by atoms with van der Waals surface area (Å²) in [4.78, 5) is 11.9. The van der Waals surface area contributed by atoms with Crippen molar-refractivity contribution in [3.63, 3.8) is 0 Å². The van der Waals surface area contributed by atoms with E-state index < -0.39 is 0 Å². The van der Waals surface area contributed by atoms with Gasteiger partial charge in [0.05, 0.1) is 23.6 Å². The fourth-order valence-corrected chi connectivity index (χ4v) is 4.02. The van der Waals surface area contributed by atoms with E-state index in [4.69, 9.17) is 31.0 Å². The first-order valence-electron chi connectivity index (χ1n) is 10.1. The monoisotopic (exact) mass is 418 g/mol. The summed E-state index contributed by atoms with van der Waals surface area (Å²) in [5.41, 5.74) is 3.74. The third kappa shape index (κ3) is 3.68. The third-order valence-corrected chi connectivity index (χ3v) is 5.86. The Balaban J connectivity index is 1.48. The van der Waals surface area contributed by atoms with Crippen molar-refractivity contribution < 1.29 is 8.83 Å². The van der Waals surface area contributed by atoms with Gasteiger partial charge in [-0.15, -0.1) is 0 Å². The SMILES string of the molecule is CC1CCN(C(=S)Nc2ccc3nc(-c4ccco4)c(-c4ccco4)nc3c2)CC1. The summed E-state index contributed by atoms with van der Waals surface area (Å²) in [7, 11) is 0. The van der Waals surface area contributed by atoms with Crippen LogP contribution in [0.3, 0.4) is 0 Å². The van der Waals surface area contributed by atoms with Crippen LogP contribution in [0.5, 0.6) is 0 Å². The second-order valence-corrected chi connectivity index (χ2v) is 8.07. The van der Waals surface area contributed by atoms with Crippen LogP contribution in [0.4, 0.5) is 5.69 Å². The maximum Gasteiger partial charge on any atom is 0.173 e. The van der Waals surface area contributed by atoms with Crippen LogP contribution in [0.2, 0.25) is 0 Å². The lowest BCUT2D eigenvalue weighted by molar-refractivity contribution is 0.283. The number of piperidine rings is 1. The number of nitrogens with zero attached hydrogens (tertiary/aromatic N) is 3. The largest absolute Gasteiger partial charge is 0.463 e. The minimum Gasteiger partial charge on any atom is -0.463 e. The number of fused-ring (bicyclic) bond motifs is 1. The standard InChI is InChI=1S/C23H22N4O2S/c1-15-8-10-27(11-9-15)23(30)24-16-6-7-17-18(14-16)26-22(20-5-3-13-29-20)21(25-17)19-4-2-12-28-19/h2-7,12-15H,8-11H2,1H3,(H,24,30). The van der Waals surface area contributed by atoms with Crippen LogP contribution >= 0.6 is 12.2 Å². The molecule has 6 nitrogen and oxygen atoms in total. The van der Waals surface area contributed by atoms with E-state index in [1.807, 2.05) is 42.5 Å². The van der Waals surface area contributed by atoms with Crippen LogP contribution in [0.25, 0.3) is 33.9 Å². The number of likely N-dealkylation sites (tertiary alicyclic amines) is 1. The van der Waals surface area contributed by atoms with Crippen molar-refractivity contribution in [3.05, 3.63) is 55.0 Å². The van der Waals surface area contributed by atoms with Crippen molar-refractivity contribution in [2.24, 2.45) is 5.92 Å². The molecule has 0 atom stereocenters. The highest BCUT2D eigenvalue weighted by Crippen LogP contribution is 2.32. The highest BCUT2D eigenvalue weighted by Gasteiger charge is 2.19. The van der Waals surface area contributed by atoms with Gasteiger partial charge in [0.2, 0.25) is 0 Å². The lowest BCUT2D eigenvalue weighted by Gasteiger charge is -2.32. The zero-order valence-electron chi connectivity index (χ0n) is 16.7. The minimum atomic E-state index is 0.645. The highest BCUT2D eigenvalue weighted by atomic mass is 32.1. The molecule has 30 heavy (non-hydrogen) atoms. The predicted octanol–water partition coefficient (Wildman–Crippen LogP) is 5.58. The number of hydrogen-bond acceptors (Lipinski definition) is 5. The maximum atomic E-state index is 5.63. The topological polar surface area (TPSA) is 67.3 Å². The van der Waals surface area contributed by atoms with Gasteiger partial charge < -0.3 is 19.1 Å². The Kier molecular flexibility index (Phi) is 4.96. The lowest BCUT2D eigenvalue weighted by atomic mass is 10.00. The molecule has 7 heteroatoms. The van der Waals surface area contributed by atoms with Crippen molar-refractivity contribution in [1.82, 2.24) is 14.9 Å². The van der Waals surface area contributed by atoms with E-state index >= 15 is 0 Å². The van der Waals surface area contributed by atoms with Crippen LogP contribution in [0.15, 0.2) is 63.8 Å². The van der Waals surface area contributed by atoms with Crippen molar-refractivity contribution in [2.45, 2.75) is 19.8 Å². The summed E-state index contributed by atoms with van der Waals surface area (Å²) in [6.45, 7) is 4.29. The number of furan rings is 2. The smallest absolute Gasteiger partial charge is 0.173 e. The van der Waals surface area contributed by atoms with Gasteiger partial charge in [0, 0.05) is 18.8 Å². The van der Waals surface area contributed by atoms with E-state index in [-0.39, 0.29) is 0 Å². The molecule has 152 valence electrons.